The summed E-state index contributed by atoms with van der Waals surface area (Å²) in [6.45, 7) is -8.99. The van der Waals surface area contributed by atoms with E-state index in [0.717, 1.165) is 4.57 Å². The van der Waals surface area contributed by atoms with E-state index in [1.807, 2.05) is 6.92 Å². The molecule has 7 unspecified atom stereocenters. The zero-order valence-electron chi connectivity index (χ0n) is 52.2. The minimum Gasteiger partial charge on any atom is -0.387 e. The second kappa shape index (κ2) is 27.2. The number of aromatic nitrogens is 14. The van der Waals surface area contributed by atoms with Crippen LogP contribution < -0.4 is 34.2 Å². The van der Waals surface area contributed by atoms with Crippen LogP contribution in [-0.2, 0) is 110 Å². The maximum atomic E-state index is 13.7. The molecule has 0 radical (unpaired) electrons. The summed E-state index contributed by atoms with van der Waals surface area (Å²) < 4.78 is 106. The van der Waals surface area contributed by atoms with Crippen LogP contribution in [0.2, 0.25) is 0 Å². The maximum absolute atomic E-state index is 13.7. The van der Waals surface area contributed by atoms with E-state index in [1.165, 1.54) is 61.2 Å². The summed E-state index contributed by atoms with van der Waals surface area (Å²) in [6, 6.07) is 0. The number of aryl methyl sites for hydroxylation is 1. The van der Waals surface area contributed by atoms with Crippen molar-refractivity contribution in [1.29, 1.82) is 0 Å². The molecule has 13 rings (SSSR count). The van der Waals surface area contributed by atoms with Gasteiger partial charge >= 0.3 is 25.8 Å². The monoisotopic (exact) mass is 1470 g/mol. The first-order valence-corrected chi connectivity index (χ1v) is 37.8. The summed E-state index contributed by atoms with van der Waals surface area (Å²) in [5, 5.41) is 11.8. The average molecular weight is 1480 g/mol. The molecule has 0 aliphatic carbocycles. The molecule has 97 heavy (non-hydrogen) atoms. The molecule has 7 aromatic heterocycles. The molecule has 6 saturated heterocycles. The number of rotatable bonds is 28. The Morgan fingerprint density at radius 2 is 1.10 bits per heavy atom. The summed E-state index contributed by atoms with van der Waals surface area (Å²) in [7, 11) is 2.91. The van der Waals surface area contributed by atoms with Crippen molar-refractivity contribution in [2.24, 2.45) is 0 Å². The molecule has 6 aliphatic heterocycles. The third-order valence-corrected chi connectivity index (χ3v) is 22.4. The lowest BCUT2D eigenvalue weighted by Gasteiger charge is -2.37. The van der Waals surface area contributed by atoms with Crippen molar-refractivity contribution >= 4 is 112 Å². The van der Waals surface area contributed by atoms with E-state index in [9.17, 15) is 29.4 Å². The summed E-state index contributed by atoms with van der Waals surface area (Å²) in [5.74, 6) is -0.113. The molecule has 7 aromatic rings. The van der Waals surface area contributed by atoms with Gasteiger partial charge in [0.05, 0.1) is 77.4 Å². The van der Waals surface area contributed by atoms with Crippen LogP contribution >= 0.6 is 20.2 Å². The second-order valence-electron chi connectivity index (χ2n) is 23.4. The predicted molar refractivity (Wildman–Crippen MR) is 343 cm³/mol. The molecule has 0 aromatic carbocycles. The minimum atomic E-state index is -4.78. The molecular weight excluding hydrogens is 1410 g/mol. The van der Waals surface area contributed by atoms with Crippen molar-refractivity contribution in [3.63, 3.8) is 0 Å². The van der Waals surface area contributed by atoms with E-state index in [-0.39, 0.29) is 72.2 Å². The standard InChI is InChI=1S/C51H69N18O22P3S3/c1-7-50-22(3)83-33(47(87-50)68-19-61-27-39(54)57-17-59-41(27)68)35(50)90-93(74,96)81-14-25-30(32(79-11-9-77-6)45(86-25)69-20-62-28-42(69)64-48(55)65-43(28)71)89-94(75,97)82-15-51-23(4)84-34(46(88-51)66-12-21(2)37(52)63-49(66)72)36(51)91-92(73,95)80-13-24-29(70)31(78-10-8-76-5)44(85-24)67-18-60-26-38(53)56-16-58-40(26)67/h12,16-20,22-25,29-36,44-47,70H,7-11,13-15H2,1-6H3,(H,73,95)(H,74,96)(H,75,97)(H2,52,63,72)(H2,53,56,58)(H2,54,57,59)(H3,55,64,65,71)/t22-,23-,24+,25+,29?,30?,31-,32-,33-,34-,35?,36?,44+,45+,46+,47+,50-,51-,92?,93?,94?/m0/s1. The normalized spacial score (nSPS) is 33.4. The van der Waals surface area contributed by atoms with E-state index < -0.39 is 161 Å². The Bertz CT molecular complexity index is 4370. The topological polar surface area (TPSA) is 518 Å². The number of ether oxygens (including phenoxy) is 10. The molecule has 46 heteroatoms. The number of anilines is 4. The lowest BCUT2D eigenvalue weighted by Crippen LogP contribution is -2.51. The number of nitrogens with two attached hydrogens (primary N) is 4. The number of hydrogen-bond acceptors (Lipinski definition) is 35. The molecular formula is C51H69N18O22P3S3. The van der Waals surface area contributed by atoms with Gasteiger partial charge in [-0.3, -0.25) is 41.6 Å². The van der Waals surface area contributed by atoms with Gasteiger partial charge in [-0.2, -0.15) is 9.97 Å². The van der Waals surface area contributed by atoms with Crippen molar-refractivity contribution in [2.75, 3.05) is 83.4 Å². The Hall–Kier alpha value is -5.32. The number of methoxy groups -OCH3 is 2. The molecule has 6 aliphatic rings. The number of nitrogens with zero attached hydrogens (tertiary/aromatic N) is 13. The highest BCUT2D eigenvalue weighted by Gasteiger charge is 2.70. The highest BCUT2D eigenvalue weighted by molar-refractivity contribution is 8.07. The largest absolute Gasteiger partial charge is 0.387 e. The van der Waals surface area contributed by atoms with Crippen LogP contribution in [0.5, 0.6) is 0 Å². The van der Waals surface area contributed by atoms with Crippen molar-refractivity contribution in [2.45, 2.75) is 143 Å². The highest BCUT2D eigenvalue weighted by Crippen LogP contribution is 2.61. The van der Waals surface area contributed by atoms with Gasteiger partial charge in [0, 0.05) is 26.0 Å². The Kier molecular flexibility index (Phi) is 19.7. The highest BCUT2D eigenvalue weighted by atomic mass is 32.5. The fourth-order valence-corrected chi connectivity index (χ4v) is 17.3. The minimum absolute atomic E-state index is 0.00462. The maximum Gasteiger partial charge on any atom is 0.351 e. The van der Waals surface area contributed by atoms with Crippen LogP contribution in [0.25, 0.3) is 33.5 Å². The lowest BCUT2D eigenvalue weighted by molar-refractivity contribution is -0.216. The van der Waals surface area contributed by atoms with Gasteiger partial charge in [-0.15, -0.1) is 0 Å². The molecule has 0 saturated carbocycles. The van der Waals surface area contributed by atoms with E-state index >= 15 is 0 Å². The molecule has 4 bridgehead atoms. The third kappa shape index (κ3) is 12.9. The van der Waals surface area contributed by atoms with Gasteiger partial charge in [0.25, 0.3) is 5.56 Å². The van der Waals surface area contributed by atoms with Crippen molar-refractivity contribution < 1.29 is 94.3 Å². The average Bonchev–Trinajstić information content (AvgIpc) is 1.56. The zero-order valence-corrected chi connectivity index (χ0v) is 57.3. The number of aliphatic hydroxyl groups excluding tert-OH is 1. The van der Waals surface area contributed by atoms with E-state index in [2.05, 4.69) is 49.8 Å². The SMILES string of the molecule is CC[C@]12O[C@@H](n3cnc4c(N)ncnc43)[C@@H](O[C@H]1C)C2OP(O)(=S)OC[C@H]1O[C@@H](n2cnc3c(=O)[nH]c(N)nc32)[C@@H](OCCOC)C1OP(O)(=S)OC[C@]12O[C@@H](n3cc(C)c(N)nc3=O)[C@@H](O[C@H]1C)C2OP(O)(=S)OC[C@H]1O[C@@H](n2cnc3c(N)ncnc32)[C@@H](OCCOC)C1O. The van der Waals surface area contributed by atoms with Crippen molar-refractivity contribution in [1.82, 2.24) is 68.1 Å². The Labute approximate surface area is 563 Å². The first-order valence-electron chi connectivity index (χ1n) is 30.0. The molecule has 528 valence electrons. The van der Waals surface area contributed by atoms with Gasteiger partial charge in [-0.25, -0.2) is 39.7 Å². The van der Waals surface area contributed by atoms with Gasteiger partial charge in [-0.05, 0) is 62.6 Å². The van der Waals surface area contributed by atoms with E-state index in [4.69, 9.17) is 133 Å². The Morgan fingerprint density at radius 1 is 0.598 bits per heavy atom. The molecule has 13 N–H and O–H groups in total. The molecule has 40 nitrogen and oxygen atoms in total. The van der Waals surface area contributed by atoms with Gasteiger partial charge in [0.2, 0.25) is 5.95 Å². The van der Waals surface area contributed by atoms with E-state index in [1.54, 1.807) is 25.3 Å². The smallest absolute Gasteiger partial charge is 0.351 e. The van der Waals surface area contributed by atoms with Gasteiger partial charge in [0.15, 0.2) is 59.0 Å². The third-order valence-electron chi connectivity index (χ3n) is 17.7. The van der Waals surface area contributed by atoms with Crippen LogP contribution in [-0.4, -0.2) is 233 Å². The molecule has 21 atom stereocenters. The van der Waals surface area contributed by atoms with Crippen LogP contribution in [0.15, 0.2) is 47.4 Å². The van der Waals surface area contributed by atoms with Crippen molar-refractivity contribution in [3.8, 4) is 0 Å². The molecule has 13 heterocycles. The summed E-state index contributed by atoms with van der Waals surface area (Å²) >= 11 is 17.3. The molecule has 0 amide bonds. The van der Waals surface area contributed by atoms with Crippen LogP contribution in [0.4, 0.5) is 23.4 Å². The summed E-state index contributed by atoms with van der Waals surface area (Å²) in [6.07, 6.45) is -11.1. The molecule has 6 fully saturated rings. The Morgan fingerprint density at radius 3 is 1.71 bits per heavy atom. The predicted octanol–water partition coefficient (Wildman–Crippen LogP) is -0.712. The first-order chi connectivity index (χ1) is 46.2. The van der Waals surface area contributed by atoms with Crippen LogP contribution in [0.1, 0.15) is 57.7 Å². The number of imidazole rings is 3. The fourth-order valence-electron chi connectivity index (χ4n) is 13.0. The zero-order chi connectivity index (χ0) is 68.8. The van der Waals surface area contributed by atoms with Gasteiger partial charge in [-0.1, -0.05) is 6.92 Å². The number of aliphatic hydroxyl groups is 1. The molecule has 0 spiro atoms. The second-order valence-corrected chi connectivity index (χ2v) is 31.7. The summed E-state index contributed by atoms with van der Waals surface area (Å²) in [5.41, 5.74) is 20.9. The number of fused-ring (bicyclic) bond motifs is 7. The number of nitrogens with one attached hydrogen (secondary N) is 1. The number of hydrogen-bond donors (Lipinski definition) is 9. The Balaban J connectivity index is 0.780. The first kappa shape index (κ1) is 70.1. The quantitative estimate of drug-likeness (QED) is 0.0216. The van der Waals surface area contributed by atoms with Crippen molar-refractivity contribution in [3.05, 3.63) is 64.2 Å². The number of nitrogen functional groups attached to an aromatic ring is 4. The lowest BCUT2D eigenvalue weighted by atomic mass is 9.91. The number of aromatic amines is 1. The fraction of sp³-hybridized carbons (Fsp3) is 0.627. The van der Waals surface area contributed by atoms with Gasteiger partial charge < -0.3 is 104 Å². The van der Waals surface area contributed by atoms with Crippen LogP contribution in [0, 0.1) is 6.92 Å². The summed E-state index contributed by atoms with van der Waals surface area (Å²) in [4.78, 5) is 104. The van der Waals surface area contributed by atoms with E-state index in [0.29, 0.717) is 23.1 Å². The number of H-pyrrole nitrogens is 1. The van der Waals surface area contributed by atoms with Gasteiger partial charge in [0.1, 0.15) is 102 Å². The van der Waals surface area contributed by atoms with Crippen LogP contribution in [0.3, 0.4) is 0 Å².